The van der Waals surface area contributed by atoms with E-state index in [0.29, 0.717) is 15.9 Å². The van der Waals surface area contributed by atoms with Crippen molar-refractivity contribution in [3.63, 3.8) is 0 Å². The van der Waals surface area contributed by atoms with Crippen LogP contribution in [0.1, 0.15) is 18.9 Å². The lowest BCUT2D eigenvalue weighted by Crippen LogP contribution is -1.93. The summed E-state index contributed by atoms with van der Waals surface area (Å²) in [5.74, 6) is 0.526. The van der Waals surface area contributed by atoms with Gasteiger partial charge in [0, 0.05) is 11.1 Å². The number of hydrogen-bond acceptors (Lipinski definition) is 2. The topological polar surface area (TPSA) is 54.7 Å². The second-order valence-electron chi connectivity index (χ2n) is 3.81. The number of nitrogens with zero attached hydrogens (tertiary/aromatic N) is 1. The third-order valence-corrected chi connectivity index (χ3v) is 3.44. The van der Waals surface area contributed by atoms with Crippen LogP contribution in [0.15, 0.2) is 18.2 Å². The summed E-state index contributed by atoms with van der Waals surface area (Å²) in [6.07, 6.45) is 1.86. The van der Waals surface area contributed by atoms with Gasteiger partial charge >= 0.3 is 0 Å². The summed E-state index contributed by atoms with van der Waals surface area (Å²) in [4.78, 5) is 0. The van der Waals surface area contributed by atoms with Crippen LogP contribution in [0.4, 0.5) is 5.82 Å². The van der Waals surface area contributed by atoms with Crippen LogP contribution < -0.4 is 5.73 Å². The van der Waals surface area contributed by atoms with E-state index in [4.69, 9.17) is 28.9 Å². The van der Waals surface area contributed by atoms with Crippen molar-refractivity contribution in [1.29, 1.82) is 0 Å². The monoisotopic (exact) mass is 269 g/mol. The first-order valence-electron chi connectivity index (χ1n) is 5.42. The van der Waals surface area contributed by atoms with Crippen LogP contribution in [-0.4, -0.2) is 10.2 Å². The number of rotatable bonds is 3. The Morgan fingerprint density at radius 1 is 1.35 bits per heavy atom. The zero-order valence-electron chi connectivity index (χ0n) is 9.43. The number of anilines is 1. The van der Waals surface area contributed by atoms with Gasteiger partial charge in [0.15, 0.2) is 0 Å². The van der Waals surface area contributed by atoms with E-state index >= 15 is 0 Å². The van der Waals surface area contributed by atoms with E-state index in [1.807, 2.05) is 12.1 Å². The molecule has 0 aliphatic carbocycles. The first kappa shape index (κ1) is 12.3. The number of H-pyrrole nitrogens is 1. The summed E-state index contributed by atoms with van der Waals surface area (Å²) in [5, 5.41) is 8.01. The first-order valence-corrected chi connectivity index (χ1v) is 6.17. The summed E-state index contributed by atoms with van der Waals surface area (Å²) in [6.45, 7) is 2.09. The molecule has 1 aromatic carbocycles. The van der Waals surface area contributed by atoms with Gasteiger partial charge in [0.2, 0.25) is 0 Å². The Kier molecular flexibility index (Phi) is 3.60. The SMILES string of the molecule is CCCc1c(N)n[nH]c1-c1cccc(Cl)c1Cl. The van der Waals surface area contributed by atoms with E-state index in [1.54, 1.807) is 6.07 Å². The molecule has 0 amide bonds. The zero-order valence-corrected chi connectivity index (χ0v) is 10.9. The van der Waals surface area contributed by atoms with Gasteiger partial charge in [-0.3, -0.25) is 5.10 Å². The Labute approximate surface area is 110 Å². The van der Waals surface area contributed by atoms with E-state index in [9.17, 15) is 0 Å². The average Bonchev–Trinajstić information content (AvgIpc) is 2.66. The molecule has 1 heterocycles. The van der Waals surface area contributed by atoms with E-state index in [0.717, 1.165) is 29.7 Å². The Balaban J connectivity index is 2.56. The van der Waals surface area contributed by atoms with Gasteiger partial charge in [0.1, 0.15) is 5.82 Å². The second kappa shape index (κ2) is 4.98. The molecule has 0 radical (unpaired) electrons. The van der Waals surface area contributed by atoms with Crippen molar-refractivity contribution < 1.29 is 0 Å². The summed E-state index contributed by atoms with van der Waals surface area (Å²) < 4.78 is 0. The summed E-state index contributed by atoms with van der Waals surface area (Å²) in [5.41, 5.74) is 8.53. The number of hydrogen-bond donors (Lipinski definition) is 2. The summed E-state index contributed by atoms with van der Waals surface area (Å²) >= 11 is 12.2. The highest BCUT2D eigenvalue weighted by molar-refractivity contribution is 6.43. The van der Waals surface area contributed by atoms with Crippen LogP contribution in [0.2, 0.25) is 10.0 Å². The molecule has 0 unspecified atom stereocenters. The molecule has 3 nitrogen and oxygen atoms in total. The molecular formula is C12H13Cl2N3. The van der Waals surface area contributed by atoms with Crippen molar-refractivity contribution >= 4 is 29.0 Å². The smallest absolute Gasteiger partial charge is 0.149 e. The average molecular weight is 270 g/mol. The lowest BCUT2D eigenvalue weighted by atomic mass is 10.0. The fraction of sp³-hybridized carbons (Fsp3) is 0.250. The number of aromatic amines is 1. The summed E-state index contributed by atoms with van der Waals surface area (Å²) in [7, 11) is 0. The van der Waals surface area contributed by atoms with Gasteiger partial charge in [-0.2, -0.15) is 5.10 Å². The van der Waals surface area contributed by atoms with Gasteiger partial charge in [-0.05, 0) is 12.5 Å². The number of benzene rings is 1. The van der Waals surface area contributed by atoms with Gasteiger partial charge in [-0.15, -0.1) is 0 Å². The second-order valence-corrected chi connectivity index (χ2v) is 4.60. The summed E-state index contributed by atoms with van der Waals surface area (Å²) in [6, 6.07) is 5.52. The molecule has 3 N–H and O–H groups in total. The van der Waals surface area contributed by atoms with Gasteiger partial charge < -0.3 is 5.73 Å². The van der Waals surface area contributed by atoms with Crippen LogP contribution in [0.3, 0.4) is 0 Å². The Hall–Kier alpha value is -1.19. The maximum atomic E-state index is 6.19. The number of nitrogen functional groups attached to an aromatic ring is 1. The van der Waals surface area contributed by atoms with Gasteiger partial charge in [0.05, 0.1) is 15.7 Å². The maximum absolute atomic E-state index is 6.19. The van der Waals surface area contributed by atoms with Crippen molar-refractivity contribution in [3.05, 3.63) is 33.8 Å². The molecule has 2 aromatic rings. The minimum atomic E-state index is 0.523. The fourth-order valence-corrected chi connectivity index (χ4v) is 2.20. The highest BCUT2D eigenvalue weighted by atomic mass is 35.5. The first-order chi connectivity index (χ1) is 8.15. The maximum Gasteiger partial charge on any atom is 0.149 e. The van der Waals surface area contributed by atoms with Crippen molar-refractivity contribution in [2.75, 3.05) is 5.73 Å². The van der Waals surface area contributed by atoms with Crippen molar-refractivity contribution in [2.45, 2.75) is 19.8 Å². The molecule has 0 aliphatic rings. The lowest BCUT2D eigenvalue weighted by Gasteiger charge is -2.06. The third kappa shape index (κ3) is 2.26. The quantitative estimate of drug-likeness (QED) is 0.888. The molecule has 0 bridgehead atoms. The van der Waals surface area contributed by atoms with E-state index in [2.05, 4.69) is 17.1 Å². The van der Waals surface area contributed by atoms with E-state index in [1.165, 1.54) is 0 Å². The molecule has 1 aromatic heterocycles. The third-order valence-electron chi connectivity index (χ3n) is 2.62. The number of aromatic nitrogens is 2. The largest absolute Gasteiger partial charge is 0.382 e. The van der Waals surface area contributed by atoms with E-state index < -0.39 is 0 Å². The molecule has 0 atom stereocenters. The van der Waals surface area contributed by atoms with Crippen molar-refractivity contribution in [3.8, 4) is 11.3 Å². The normalized spacial score (nSPS) is 10.8. The van der Waals surface area contributed by atoms with Gasteiger partial charge in [-0.1, -0.05) is 48.7 Å². The van der Waals surface area contributed by atoms with Crippen LogP contribution in [0, 0.1) is 0 Å². The zero-order chi connectivity index (χ0) is 12.4. The van der Waals surface area contributed by atoms with Gasteiger partial charge in [0.25, 0.3) is 0 Å². The minimum Gasteiger partial charge on any atom is -0.382 e. The molecule has 0 saturated heterocycles. The molecule has 90 valence electrons. The predicted octanol–water partition coefficient (Wildman–Crippen LogP) is 3.92. The van der Waals surface area contributed by atoms with Crippen LogP contribution >= 0.6 is 23.2 Å². The Morgan fingerprint density at radius 3 is 2.82 bits per heavy atom. The molecule has 5 heteroatoms. The molecule has 0 fully saturated rings. The highest BCUT2D eigenvalue weighted by Crippen LogP contribution is 2.35. The molecule has 0 aliphatic heterocycles. The molecule has 0 saturated carbocycles. The highest BCUT2D eigenvalue weighted by Gasteiger charge is 2.15. The Morgan fingerprint density at radius 2 is 2.12 bits per heavy atom. The minimum absolute atomic E-state index is 0.523. The molecule has 2 rings (SSSR count). The number of nitrogens with two attached hydrogens (primary N) is 1. The molecule has 0 spiro atoms. The number of halogens is 2. The fourth-order valence-electron chi connectivity index (χ4n) is 1.80. The Bertz CT molecular complexity index is 535. The molecular weight excluding hydrogens is 257 g/mol. The molecule has 17 heavy (non-hydrogen) atoms. The van der Waals surface area contributed by atoms with Crippen LogP contribution in [0.5, 0.6) is 0 Å². The predicted molar refractivity (Wildman–Crippen MR) is 72.5 cm³/mol. The number of nitrogens with one attached hydrogen (secondary N) is 1. The van der Waals surface area contributed by atoms with Crippen molar-refractivity contribution in [1.82, 2.24) is 10.2 Å². The van der Waals surface area contributed by atoms with Crippen molar-refractivity contribution in [2.24, 2.45) is 0 Å². The standard InChI is InChI=1S/C12H13Cl2N3/c1-2-4-8-11(16-17-12(8)15)7-5-3-6-9(13)10(7)14/h3,5-6H,2,4H2,1H3,(H3,15,16,17). The lowest BCUT2D eigenvalue weighted by molar-refractivity contribution is 0.927. The van der Waals surface area contributed by atoms with Crippen LogP contribution in [0.25, 0.3) is 11.3 Å². The van der Waals surface area contributed by atoms with Gasteiger partial charge in [-0.25, -0.2) is 0 Å². The van der Waals surface area contributed by atoms with E-state index in [-0.39, 0.29) is 0 Å². The van der Waals surface area contributed by atoms with Crippen LogP contribution in [-0.2, 0) is 6.42 Å².